The molecular weight excluding hydrogens is 338 g/mol. The molecule has 5 nitrogen and oxygen atoms in total. The molecule has 2 aromatic carbocycles. The first-order valence-electron chi connectivity index (χ1n) is 9.91. The zero-order valence-corrected chi connectivity index (χ0v) is 16.1. The van der Waals surface area contributed by atoms with E-state index in [2.05, 4.69) is 51.5 Å². The summed E-state index contributed by atoms with van der Waals surface area (Å²) < 4.78 is 10.8. The number of rotatable bonds is 5. The van der Waals surface area contributed by atoms with E-state index in [-0.39, 0.29) is 0 Å². The molecule has 2 aromatic rings. The molecule has 0 aliphatic carbocycles. The van der Waals surface area contributed by atoms with Crippen LogP contribution in [0.4, 0.5) is 17.1 Å². The lowest BCUT2D eigenvalue weighted by Crippen LogP contribution is -2.43. The highest BCUT2D eigenvalue weighted by Gasteiger charge is 2.24. The average Bonchev–Trinajstić information content (AvgIpc) is 2.75. The summed E-state index contributed by atoms with van der Waals surface area (Å²) in [5, 5.41) is 3.70. The first-order chi connectivity index (χ1) is 13.3. The van der Waals surface area contributed by atoms with Crippen molar-refractivity contribution in [2.45, 2.75) is 18.9 Å². The van der Waals surface area contributed by atoms with Crippen molar-refractivity contribution in [3.8, 4) is 5.75 Å². The predicted octanol–water partition coefficient (Wildman–Crippen LogP) is 3.61. The molecule has 5 heteroatoms. The lowest BCUT2D eigenvalue weighted by molar-refractivity contribution is 0.122. The normalized spacial score (nSPS) is 20.4. The Kier molecular flexibility index (Phi) is 5.68. The summed E-state index contributed by atoms with van der Waals surface area (Å²) in [6.07, 6.45) is 2.40. The lowest BCUT2D eigenvalue weighted by Gasteiger charge is -2.39. The molecule has 0 radical (unpaired) electrons. The fourth-order valence-electron chi connectivity index (χ4n) is 4.04. The zero-order valence-electron chi connectivity index (χ0n) is 16.1. The number of hydrogen-bond donors (Lipinski definition) is 1. The van der Waals surface area contributed by atoms with Crippen LogP contribution in [-0.4, -0.2) is 52.5 Å². The highest BCUT2D eigenvalue weighted by molar-refractivity contribution is 5.71. The molecule has 2 saturated heterocycles. The molecule has 1 atom stereocenters. The number of nitrogens with zero attached hydrogens (tertiary/aromatic N) is 2. The third kappa shape index (κ3) is 4.30. The first-order valence-corrected chi connectivity index (χ1v) is 9.91. The number of methoxy groups -OCH3 is 1. The second kappa shape index (κ2) is 8.53. The van der Waals surface area contributed by atoms with E-state index < -0.39 is 0 Å². The molecular formula is C22H29N3O2. The van der Waals surface area contributed by atoms with E-state index in [0.29, 0.717) is 6.04 Å². The molecule has 0 aromatic heterocycles. The summed E-state index contributed by atoms with van der Waals surface area (Å²) >= 11 is 0. The van der Waals surface area contributed by atoms with Gasteiger partial charge in [0.15, 0.2) is 0 Å². The Labute approximate surface area is 161 Å². The van der Waals surface area contributed by atoms with Gasteiger partial charge in [-0.15, -0.1) is 0 Å². The molecule has 0 saturated carbocycles. The molecule has 1 N–H and O–H groups in total. The number of piperidine rings is 1. The summed E-state index contributed by atoms with van der Waals surface area (Å²) in [7, 11) is 1.70. The Morgan fingerprint density at radius 1 is 0.926 bits per heavy atom. The van der Waals surface area contributed by atoms with Crippen molar-refractivity contribution in [1.29, 1.82) is 0 Å². The van der Waals surface area contributed by atoms with Crippen LogP contribution >= 0.6 is 0 Å². The standard InChI is InChI=1S/C22H29N3O2/c1-26-20-10-8-18(9-11-20)23-19-5-4-12-25(17-19)22-7-3-2-6-21(22)24-13-15-27-16-14-24/h2-3,6-11,19,23H,4-5,12-17H2,1H3/t19-/m1/s1. The van der Waals surface area contributed by atoms with E-state index in [9.17, 15) is 0 Å². The smallest absolute Gasteiger partial charge is 0.119 e. The zero-order chi connectivity index (χ0) is 18.5. The van der Waals surface area contributed by atoms with Gasteiger partial charge in [-0.05, 0) is 49.2 Å². The van der Waals surface area contributed by atoms with Crippen LogP contribution < -0.4 is 19.9 Å². The SMILES string of the molecule is COc1ccc(N[C@@H]2CCCN(c3ccccc3N3CCOCC3)C2)cc1. The number of anilines is 3. The molecule has 0 spiro atoms. The number of hydrogen-bond acceptors (Lipinski definition) is 5. The third-order valence-corrected chi connectivity index (χ3v) is 5.46. The summed E-state index contributed by atoms with van der Waals surface area (Å²) in [5.41, 5.74) is 3.84. The number of morpholine rings is 1. The average molecular weight is 367 g/mol. The molecule has 0 unspecified atom stereocenters. The highest BCUT2D eigenvalue weighted by atomic mass is 16.5. The Balaban J connectivity index is 1.46. The van der Waals surface area contributed by atoms with Crippen LogP contribution in [0.5, 0.6) is 5.75 Å². The second-order valence-corrected chi connectivity index (χ2v) is 7.25. The molecule has 4 rings (SSSR count). The molecule has 27 heavy (non-hydrogen) atoms. The quantitative estimate of drug-likeness (QED) is 0.874. The van der Waals surface area contributed by atoms with E-state index in [4.69, 9.17) is 9.47 Å². The third-order valence-electron chi connectivity index (χ3n) is 5.46. The lowest BCUT2D eigenvalue weighted by atomic mass is 10.0. The van der Waals surface area contributed by atoms with Gasteiger partial charge >= 0.3 is 0 Å². The van der Waals surface area contributed by atoms with Crippen molar-refractivity contribution in [3.63, 3.8) is 0 Å². The van der Waals surface area contributed by atoms with Crippen LogP contribution in [0.1, 0.15) is 12.8 Å². The van der Waals surface area contributed by atoms with E-state index in [1.54, 1.807) is 7.11 Å². The largest absolute Gasteiger partial charge is 0.497 e. The maximum Gasteiger partial charge on any atom is 0.119 e. The molecule has 2 aliphatic rings. The van der Waals surface area contributed by atoms with Gasteiger partial charge in [-0.25, -0.2) is 0 Å². The molecule has 144 valence electrons. The van der Waals surface area contributed by atoms with Crippen molar-refractivity contribution < 1.29 is 9.47 Å². The van der Waals surface area contributed by atoms with Gasteiger partial charge in [-0.1, -0.05) is 12.1 Å². The van der Waals surface area contributed by atoms with Crippen LogP contribution in [-0.2, 0) is 4.74 Å². The van der Waals surface area contributed by atoms with E-state index in [1.807, 2.05) is 12.1 Å². The maximum atomic E-state index is 5.53. The van der Waals surface area contributed by atoms with Gasteiger partial charge in [0, 0.05) is 37.9 Å². The number of benzene rings is 2. The van der Waals surface area contributed by atoms with Crippen molar-refractivity contribution in [1.82, 2.24) is 0 Å². The summed E-state index contributed by atoms with van der Waals surface area (Å²) in [5.74, 6) is 0.894. The van der Waals surface area contributed by atoms with Gasteiger partial charge in [0.1, 0.15) is 5.75 Å². The number of para-hydroxylation sites is 2. The fraction of sp³-hybridized carbons (Fsp3) is 0.455. The van der Waals surface area contributed by atoms with Crippen LogP contribution in [0.25, 0.3) is 0 Å². The molecule has 0 amide bonds. The molecule has 2 heterocycles. The summed E-state index contributed by atoms with van der Waals surface area (Å²) in [4.78, 5) is 4.99. The van der Waals surface area contributed by atoms with Gasteiger partial charge in [0.05, 0.1) is 31.7 Å². The minimum atomic E-state index is 0.449. The van der Waals surface area contributed by atoms with Gasteiger partial charge in [-0.3, -0.25) is 0 Å². The van der Waals surface area contributed by atoms with E-state index in [0.717, 1.165) is 50.8 Å². The first kappa shape index (κ1) is 18.0. The van der Waals surface area contributed by atoms with Crippen LogP contribution in [0.15, 0.2) is 48.5 Å². The Bertz CT molecular complexity index is 729. The highest BCUT2D eigenvalue weighted by Crippen LogP contribution is 2.32. The van der Waals surface area contributed by atoms with Crippen molar-refractivity contribution >= 4 is 17.1 Å². The van der Waals surface area contributed by atoms with E-state index in [1.165, 1.54) is 24.2 Å². The van der Waals surface area contributed by atoms with Gasteiger partial charge in [0.25, 0.3) is 0 Å². The Morgan fingerprint density at radius 3 is 2.33 bits per heavy atom. The fourth-order valence-corrected chi connectivity index (χ4v) is 4.04. The van der Waals surface area contributed by atoms with E-state index >= 15 is 0 Å². The number of ether oxygens (including phenoxy) is 2. The minimum absolute atomic E-state index is 0.449. The summed E-state index contributed by atoms with van der Waals surface area (Å²) in [6, 6.07) is 17.5. The number of nitrogens with one attached hydrogen (secondary N) is 1. The monoisotopic (exact) mass is 367 g/mol. The van der Waals surface area contributed by atoms with Crippen LogP contribution in [0, 0.1) is 0 Å². The minimum Gasteiger partial charge on any atom is -0.497 e. The van der Waals surface area contributed by atoms with Crippen LogP contribution in [0.3, 0.4) is 0 Å². The van der Waals surface area contributed by atoms with Gasteiger partial charge in [0.2, 0.25) is 0 Å². The Morgan fingerprint density at radius 2 is 1.63 bits per heavy atom. The van der Waals surface area contributed by atoms with Crippen molar-refractivity contribution in [2.24, 2.45) is 0 Å². The van der Waals surface area contributed by atoms with Gasteiger partial charge < -0.3 is 24.6 Å². The Hall–Kier alpha value is -2.40. The van der Waals surface area contributed by atoms with Crippen molar-refractivity contribution in [2.75, 3.05) is 61.6 Å². The van der Waals surface area contributed by atoms with Crippen molar-refractivity contribution in [3.05, 3.63) is 48.5 Å². The topological polar surface area (TPSA) is 37.0 Å². The molecule has 0 bridgehead atoms. The summed E-state index contributed by atoms with van der Waals surface area (Å²) in [6.45, 7) is 5.71. The molecule has 2 fully saturated rings. The maximum absolute atomic E-state index is 5.53. The predicted molar refractivity (Wildman–Crippen MR) is 111 cm³/mol. The molecule has 2 aliphatic heterocycles. The second-order valence-electron chi connectivity index (χ2n) is 7.25. The van der Waals surface area contributed by atoms with Crippen LogP contribution in [0.2, 0.25) is 0 Å². The van der Waals surface area contributed by atoms with Gasteiger partial charge in [-0.2, -0.15) is 0 Å².